The number of hydrogen-bond acceptors (Lipinski definition) is 6. The van der Waals surface area contributed by atoms with Crippen molar-refractivity contribution >= 4 is 44.4 Å². The molecule has 1 aliphatic rings. The van der Waals surface area contributed by atoms with E-state index >= 15 is 0 Å². The number of fused-ring (bicyclic) bond motifs is 1. The molecule has 0 aliphatic carbocycles. The lowest BCUT2D eigenvalue weighted by Gasteiger charge is -2.15. The van der Waals surface area contributed by atoms with Crippen molar-refractivity contribution in [2.75, 3.05) is 10.2 Å². The minimum atomic E-state index is -1.63. The van der Waals surface area contributed by atoms with Crippen molar-refractivity contribution < 1.29 is 17.9 Å². The van der Waals surface area contributed by atoms with Crippen LogP contribution in [-0.2, 0) is 0 Å². The average Bonchev–Trinajstić information content (AvgIpc) is 3.02. The first kappa shape index (κ1) is 18.8. The third kappa shape index (κ3) is 3.24. The lowest BCUT2D eigenvalue weighted by atomic mass is 10.3. The number of hydrogen-bond donors (Lipinski definition) is 0. The summed E-state index contributed by atoms with van der Waals surface area (Å²) >= 11 is 4.96. The second-order valence-electron chi connectivity index (χ2n) is 5.49. The quantitative estimate of drug-likeness (QED) is 0.217. The number of halogens is 5. The van der Waals surface area contributed by atoms with E-state index in [1.165, 1.54) is 18.3 Å². The normalized spacial score (nSPS) is 12.7. The summed E-state index contributed by atoms with van der Waals surface area (Å²) in [6.07, 6.45) is 1.31. The molecule has 3 heterocycles. The maximum absolute atomic E-state index is 13.5. The molecule has 0 unspecified atom stereocenters. The van der Waals surface area contributed by atoms with Crippen LogP contribution < -0.4 is 13.4 Å². The first-order valence-electron chi connectivity index (χ1n) is 7.55. The minimum absolute atomic E-state index is 0.147. The van der Waals surface area contributed by atoms with Crippen molar-refractivity contribution in [3.05, 3.63) is 63.4 Å². The van der Waals surface area contributed by atoms with E-state index in [9.17, 15) is 18.0 Å². The van der Waals surface area contributed by atoms with E-state index in [2.05, 4.69) is 13.1 Å². The molecule has 1 aliphatic heterocycles. The standard InChI is InChI=1S/C16H8ClF3IN5O2/c1-25-14-13(24-21-25)15(27)26(7-2-3-11(17)22-6-7)16(23-14)28-8-4-9(18)12(20)10(19)5-8/h2-6H,1H3. The fourth-order valence-electron chi connectivity index (χ4n) is 2.39. The van der Waals surface area contributed by atoms with Gasteiger partial charge in [-0.15, -0.1) is 0 Å². The number of nitrogens with zero attached hydrogens (tertiary/aromatic N) is 5. The smallest absolute Gasteiger partial charge is 0.311 e. The summed E-state index contributed by atoms with van der Waals surface area (Å²) in [5.74, 6) is -4.58. The zero-order valence-corrected chi connectivity index (χ0v) is 16.7. The highest BCUT2D eigenvalue weighted by molar-refractivity contribution is 14.2. The van der Waals surface area contributed by atoms with Gasteiger partial charge in [-0.3, -0.25) is 7.91 Å². The molecule has 2 aromatic heterocycles. The zero-order chi connectivity index (χ0) is 20.0. The van der Waals surface area contributed by atoms with E-state index in [1.807, 2.05) is 0 Å². The van der Waals surface area contributed by atoms with Crippen LogP contribution in [0.15, 0.2) is 38.4 Å². The number of benzene rings is 1. The highest BCUT2D eigenvalue weighted by Crippen LogP contribution is 2.39. The van der Waals surface area contributed by atoms with E-state index in [4.69, 9.17) is 16.3 Å². The van der Waals surface area contributed by atoms with Gasteiger partial charge in [0.15, 0.2) is 29.0 Å². The topological polar surface area (TPSA) is 72.6 Å². The van der Waals surface area contributed by atoms with Gasteiger partial charge in [-0.05, 0) is 12.1 Å². The van der Waals surface area contributed by atoms with Crippen LogP contribution in [0.25, 0.3) is 5.69 Å². The first-order chi connectivity index (χ1) is 13.3. The van der Waals surface area contributed by atoms with Crippen LogP contribution in [0, 0.1) is 17.5 Å². The summed E-state index contributed by atoms with van der Waals surface area (Å²) in [5, 5.41) is 0.200. The van der Waals surface area contributed by atoms with Crippen LogP contribution in [0.1, 0.15) is 0 Å². The van der Waals surface area contributed by atoms with Crippen molar-refractivity contribution in [2.45, 2.75) is 0 Å². The number of rotatable bonds is 3. The maximum Gasteiger partial charge on any atom is 0.311 e. The Morgan fingerprint density at radius 3 is 2.54 bits per heavy atom. The van der Waals surface area contributed by atoms with Crippen molar-refractivity contribution in [1.29, 1.82) is 0 Å². The summed E-state index contributed by atoms with van der Waals surface area (Å²) in [6, 6.07) is 3.98. The Morgan fingerprint density at radius 1 is 1.18 bits per heavy atom. The van der Waals surface area contributed by atoms with Gasteiger partial charge >= 0.3 is 6.01 Å². The highest BCUT2D eigenvalue weighted by Gasteiger charge is 2.25. The third-order valence-corrected chi connectivity index (χ3v) is 5.70. The summed E-state index contributed by atoms with van der Waals surface area (Å²) in [4.78, 5) is 21.1. The van der Waals surface area contributed by atoms with Crippen molar-refractivity contribution in [1.82, 2.24) is 14.5 Å². The minimum Gasteiger partial charge on any atom is -0.425 e. The van der Waals surface area contributed by atoms with Crippen LogP contribution >= 0.6 is 32.9 Å². The van der Waals surface area contributed by atoms with Gasteiger partial charge in [0.1, 0.15) is 32.2 Å². The molecule has 0 bridgehead atoms. The van der Waals surface area contributed by atoms with E-state index < -0.39 is 44.3 Å². The Hall–Kier alpha value is -2.54. The Balaban J connectivity index is 1.91. The SMILES string of the molecule is CN1I=Nc2c1nc(Oc1cc(F)c(F)c(F)c1)n(-c1ccc(Cl)nc1)c2=O. The number of ether oxygens (including phenoxy) is 1. The van der Waals surface area contributed by atoms with Crippen LogP contribution in [0.2, 0.25) is 5.15 Å². The summed E-state index contributed by atoms with van der Waals surface area (Å²) in [7, 11) is 1.71. The number of aromatic nitrogens is 3. The number of pyridine rings is 1. The molecule has 1 aromatic carbocycles. The molecule has 4 rings (SSSR count). The van der Waals surface area contributed by atoms with Crippen LogP contribution in [0.4, 0.5) is 24.7 Å². The molecule has 12 heteroatoms. The second kappa shape index (κ2) is 7.13. The van der Waals surface area contributed by atoms with Crippen molar-refractivity contribution in [3.63, 3.8) is 0 Å². The molecular formula is C16H8ClF3IN5O2. The van der Waals surface area contributed by atoms with Gasteiger partial charge in [-0.1, -0.05) is 11.6 Å². The van der Waals surface area contributed by atoms with Gasteiger partial charge in [-0.25, -0.2) is 22.7 Å². The van der Waals surface area contributed by atoms with Crippen molar-refractivity contribution in [3.8, 4) is 17.4 Å². The van der Waals surface area contributed by atoms with E-state index in [-0.39, 0.29) is 34.1 Å². The fraction of sp³-hybridized carbons (Fsp3) is 0.0625. The third-order valence-electron chi connectivity index (χ3n) is 3.67. The zero-order valence-electron chi connectivity index (χ0n) is 13.8. The molecule has 0 fully saturated rings. The van der Waals surface area contributed by atoms with Gasteiger partial charge in [0.2, 0.25) is 0 Å². The first-order valence-corrected chi connectivity index (χ1v) is 9.86. The lowest BCUT2D eigenvalue weighted by molar-refractivity contribution is 0.400. The summed E-state index contributed by atoms with van der Waals surface area (Å²) in [6.45, 7) is 0. The lowest BCUT2D eigenvalue weighted by Crippen LogP contribution is -2.22. The molecule has 0 N–H and O–H groups in total. The molecule has 0 atom stereocenters. The molecule has 0 saturated heterocycles. The molecule has 0 radical (unpaired) electrons. The molecule has 144 valence electrons. The van der Waals surface area contributed by atoms with Gasteiger partial charge in [0, 0.05) is 19.2 Å². The van der Waals surface area contributed by atoms with Gasteiger partial charge < -0.3 is 4.74 Å². The van der Waals surface area contributed by atoms with Crippen LogP contribution in [0.5, 0.6) is 11.8 Å². The van der Waals surface area contributed by atoms with E-state index in [0.717, 1.165) is 4.57 Å². The predicted octanol–water partition coefficient (Wildman–Crippen LogP) is 4.64. The highest BCUT2D eigenvalue weighted by atomic mass is 127. The average molecular weight is 522 g/mol. The fourth-order valence-corrected chi connectivity index (χ4v) is 4.01. The Labute approximate surface area is 170 Å². The van der Waals surface area contributed by atoms with Gasteiger partial charge in [-0.2, -0.15) is 8.13 Å². The van der Waals surface area contributed by atoms with Crippen LogP contribution in [0.3, 0.4) is 0 Å². The van der Waals surface area contributed by atoms with Gasteiger partial charge in [0.25, 0.3) is 5.56 Å². The molecule has 28 heavy (non-hydrogen) atoms. The summed E-state index contributed by atoms with van der Waals surface area (Å²) in [5.41, 5.74) is -0.143. The Morgan fingerprint density at radius 2 is 1.89 bits per heavy atom. The second-order valence-corrected chi connectivity index (χ2v) is 8.23. The van der Waals surface area contributed by atoms with E-state index in [1.54, 1.807) is 10.2 Å². The van der Waals surface area contributed by atoms with Crippen molar-refractivity contribution in [2.24, 2.45) is 3.15 Å². The molecule has 0 spiro atoms. The largest absolute Gasteiger partial charge is 0.425 e. The molecule has 7 nitrogen and oxygen atoms in total. The maximum atomic E-state index is 13.5. The molecule has 0 saturated carbocycles. The monoisotopic (exact) mass is 521 g/mol. The molecular weight excluding hydrogens is 514 g/mol. The number of anilines is 1. The molecule has 0 amide bonds. The Kier molecular flexibility index (Phi) is 4.79. The molecule has 3 aromatic rings. The summed E-state index contributed by atoms with van der Waals surface area (Å²) < 4.78 is 52.8. The van der Waals surface area contributed by atoms with Gasteiger partial charge in [0.05, 0.1) is 11.9 Å². The van der Waals surface area contributed by atoms with E-state index in [0.29, 0.717) is 12.1 Å². The predicted molar refractivity (Wildman–Crippen MR) is 104 cm³/mol. The van der Waals surface area contributed by atoms with Crippen LogP contribution in [-0.4, -0.2) is 21.6 Å². The Bertz CT molecular complexity index is 1160.